The van der Waals surface area contributed by atoms with Crippen molar-refractivity contribution in [2.45, 2.75) is 37.4 Å². The normalized spacial score (nSPS) is 22.5. The van der Waals surface area contributed by atoms with Gasteiger partial charge in [-0.2, -0.15) is 18.3 Å². The molecule has 1 saturated carbocycles. The first-order chi connectivity index (χ1) is 13.8. The number of amides is 1. The van der Waals surface area contributed by atoms with Crippen LogP contribution in [0.3, 0.4) is 0 Å². The summed E-state index contributed by atoms with van der Waals surface area (Å²) in [6.45, 7) is 1.78. The summed E-state index contributed by atoms with van der Waals surface area (Å²) in [5.74, 6) is -1.61. The number of carbonyl (C=O) groups is 1. The molecule has 2 heterocycles. The summed E-state index contributed by atoms with van der Waals surface area (Å²) in [4.78, 5) is 13.2. The van der Waals surface area contributed by atoms with E-state index < -0.39 is 12.1 Å². The van der Waals surface area contributed by atoms with E-state index in [9.17, 15) is 18.0 Å². The molecular weight excluding hydrogens is 381 g/mol. The molecule has 2 fully saturated rings. The second-order valence-electron chi connectivity index (χ2n) is 8.08. The summed E-state index contributed by atoms with van der Waals surface area (Å²) in [7, 11) is 1.85. The average Bonchev–Trinajstić information content (AvgIpc) is 3.38. The lowest BCUT2D eigenvalue weighted by Crippen LogP contribution is -2.46. The predicted octanol–water partition coefficient (Wildman–Crippen LogP) is 3.33. The minimum absolute atomic E-state index is 0.0361. The minimum atomic E-state index is -4.83. The fourth-order valence-corrected chi connectivity index (χ4v) is 4.25. The number of hydrogen-bond donors (Lipinski definition) is 1. The number of halogens is 3. The SMILES string of the molecule is Cn1cc(-c2ccc([C@@H]3C[C@H]3N(CC3CCNCC3)C(=O)C(F)(F)F)cc2)cn1. The van der Waals surface area contributed by atoms with E-state index >= 15 is 0 Å². The van der Waals surface area contributed by atoms with Crippen LogP contribution in [-0.4, -0.2) is 52.4 Å². The summed E-state index contributed by atoms with van der Waals surface area (Å²) in [5.41, 5.74) is 2.98. The van der Waals surface area contributed by atoms with Crippen LogP contribution < -0.4 is 5.32 Å². The molecule has 0 radical (unpaired) electrons. The number of nitrogens with one attached hydrogen (secondary N) is 1. The van der Waals surface area contributed by atoms with Crippen molar-refractivity contribution in [1.82, 2.24) is 20.0 Å². The number of nitrogens with zero attached hydrogens (tertiary/aromatic N) is 3. The monoisotopic (exact) mass is 406 g/mol. The molecule has 2 atom stereocenters. The molecule has 0 bridgehead atoms. The summed E-state index contributed by atoms with van der Waals surface area (Å²) in [6.07, 6.45) is 1.05. The highest BCUT2D eigenvalue weighted by molar-refractivity contribution is 5.82. The van der Waals surface area contributed by atoms with Crippen LogP contribution in [0.1, 0.15) is 30.7 Å². The highest BCUT2D eigenvalue weighted by atomic mass is 19.4. The molecule has 1 amide bonds. The largest absolute Gasteiger partial charge is 0.471 e. The van der Waals surface area contributed by atoms with Gasteiger partial charge < -0.3 is 10.2 Å². The van der Waals surface area contributed by atoms with E-state index in [1.807, 2.05) is 37.5 Å². The Bertz CT molecular complexity index is 856. The van der Waals surface area contributed by atoms with Gasteiger partial charge in [-0.1, -0.05) is 24.3 Å². The van der Waals surface area contributed by atoms with Crippen LogP contribution in [0.4, 0.5) is 13.2 Å². The van der Waals surface area contributed by atoms with E-state index in [-0.39, 0.29) is 24.4 Å². The Morgan fingerprint density at radius 2 is 1.90 bits per heavy atom. The van der Waals surface area contributed by atoms with Gasteiger partial charge in [0.2, 0.25) is 0 Å². The highest BCUT2D eigenvalue weighted by Gasteiger charge is 2.52. The lowest BCUT2D eigenvalue weighted by atomic mass is 9.97. The van der Waals surface area contributed by atoms with E-state index in [1.54, 1.807) is 10.9 Å². The first-order valence-corrected chi connectivity index (χ1v) is 10.0. The van der Waals surface area contributed by atoms with E-state index in [2.05, 4.69) is 10.4 Å². The van der Waals surface area contributed by atoms with Crippen molar-refractivity contribution in [2.75, 3.05) is 19.6 Å². The van der Waals surface area contributed by atoms with Crippen molar-refractivity contribution in [2.24, 2.45) is 13.0 Å². The molecule has 2 aromatic rings. The van der Waals surface area contributed by atoms with E-state index in [0.29, 0.717) is 6.42 Å². The molecule has 1 aromatic heterocycles. The second-order valence-corrected chi connectivity index (χ2v) is 8.08. The molecule has 0 spiro atoms. The standard InChI is InChI=1S/C21H25F3N4O/c1-27-13-17(11-26-27)15-2-4-16(5-3-15)18-10-19(18)28(20(29)21(22,23)24)12-14-6-8-25-9-7-14/h2-5,11,13-14,18-19,25H,6-10,12H2,1H3/t18-,19+/m0/s1. The van der Waals surface area contributed by atoms with E-state index in [4.69, 9.17) is 0 Å². The van der Waals surface area contributed by atoms with Crippen molar-refractivity contribution in [1.29, 1.82) is 0 Å². The Hall–Kier alpha value is -2.35. The quantitative estimate of drug-likeness (QED) is 0.829. The Labute approximate surface area is 167 Å². The summed E-state index contributed by atoms with van der Waals surface area (Å²) in [6, 6.07) is 7.46. The van der Waals surface area contributed by atoms with Gasteiger partial charge in [-0.25, -0.2) is 0 Å². The van der Waals surface area contributed by atoms with Gasteiger partial charge in [0.05, 0.1) is 6.20 Å². The van der Waals surface area contributed by atoms with Crippen molar-refractivity contribution in [3.05, 3.63) is 42.2 Å². The number of piperidine rings is 1. The third-order valence-corrected chi connectivity index (χ3v) is 5.95. The summed E-state index contributed by atoms with van der Waals surface area (Å²) in [5, 5.41) is 7.37. The van der Waals surface area contributed by atoms with Crippen molar-refractivity contribution >= 4 is 5.91 Å². The van der Waals surface area contributed by atoms with Crippen molar-refractivity contribution in [3.63, 3.8) is 0 Å². The first kappa shape index (κ1) is 19.9. The van der Waals surface area contributed by atoms with E-state index in [0.717, 1.165) is 47.5 Å². The molecule has 1 aliphatic carbocycles. The third-order valence-electron chi connectivity index (χ3n) is 5.95. The zero-order valence-corrected chi connectivity index (χ0v) is 16.3. The highest BCUT2D eigenvalue weighted by Crippen LogP contribution is 2.46. The molecule has 29 heavy (non-hydrogen) atoms. The Kier molecular flexibility index (Phi) is 5.38. The maximum Gasteiger partial charge on any atom is 0.471 e. The summed E-state index contributed by atoms with van der Waals surface area (Å²) < 4.78 is 41.3. The van der Waals surface area contributed by atoms with Gasteiger partial charge in [0.15, 0.2) is 0 Å². The fraction of sp³-hybridized carbons (Fsp3) is 0.524. The Morgan fingerprint density at radius 1 is 1.21 bits per heavy atom. The lowest BCUT2D eigenvalue weighted by molar-refractivity contribution is -0.186. The number of alkyl halides is 3. The lowest BCUT2D eigenvalue weighted by Gasteiger charge is -2.31. The van der Waals surface area contributed by atoms with Gasteiger partial charge in [-0.3, -0.25) is 9.48 Å². The summed E-state index contributed by atoms with van der Waals surface area (Å²) >= 11 is 0. The van der Waals surface area contributed by atoms with Crippen LogP contribution in [0.2, 0.25) is 0 Å². The molecule has 1 N–H and O–H groups in total. The fourth-order valence-electron chi connectivity index (χ4n) is 4.25. The number of aryl methyl sites for hydroxylation is 1. The van der Waals surface area contributed by atoms with E-state index in [1.165, 1.54) is 0 Å². The number of benzene rings is 1. The van der Waals surface area contributed by atoms with Crippen LogP contribution in [0, 0.1) is 5.92 Å². The van der Waals surface area contributed by atoms with Crippen LogP contribution in [0.25, 0.3) is 11.1 Å². The van der Waals surface area contributed by atoms with Crippen LogP contribution in [0.15, 0.2) is 36.7 Å². The molecule has 1 aromatic carbocycles. The van der Waals surface area contributed by atoms with Crippen molar-refractivity contribution in [3.8, 4) is 11.1 Å². The van der Waals surface area contributed by atoms with Gasteiger partial charge in [0.25, 0.3) is 0 Å². The molecule has 5 nitrogen and oxygen atoms in total. The molecule has 0 unspecified atom stereocenters. The third kappa shape index (κ3) is 4.47. The van der Waals surface area contributed by atoms with Gasteiger partial charge in [0, 0.05) is 37.3 Å². The minimum Gasteiger partial charge on any atom is -0.331 e. The van der Waals surface area contributed by atoms with Crippen LogP contribution >= 0.6 is 0 Å². The topological polar surface area (TPSA) is 50.2 Å². The molecule has 156 valence electrons. The smallest absolute Gasteiger partial charge is 0.331 e. The molecule has 4 rings (SSSR count). The van der Waals surface area contributed by atoms with Crippen molar-refractivity contribution < 1.29 is 18.0 Å². The Balaban J connectivity index is 1.47. The average molecular weight is 406 g/mol. The van der Waals surface area contributed by atoms with Gasteiger partial charge in [0.1, 0.15) is 0 Å². The Morgan fingerprint density at radius 3 is 2.48 bits per heavy atom. The van der Waals surface area contributed by atoms with Gasteiger partial charge >= 0.3 is 12.1 Å². The number of hydrogen-bond acceptors (Lipinski definition) is 3. The zero-order valence-electron chi connectivity index (χ0n) is 16.3. The molecule has 1 aliphatic heterocycles. The van der Waals surface area contributed by atoms with Gasteiger partial charge in [-0.05, 0) is 49.4 Å². The molecule has 8 heteroatoms. The maximum atomic E-state index is 13.2. The second kappa shape index (κ2) is 7.82. The molecular formula is C21H25F3N4O. The predicted molar refractivity (Wildman–Crippen MR) is 103 cm³/mol. The first-order valence-electron chi connectivity index (χ1n) is 10.0. The number of rotatable bonds is 5. The van der Waals surface area contributed by atoms with Gasteiger partial charge in [-0.15, -0.1) is 0 Å². The molecule has 1 saturated heterocycles. The zero-order chi connectivity index (χ0) is 20.6. The number of aromatic nitrogens is 2. The number of carbonyl (C=O) groups excluding carboxylic acids is 1. The molecule has 2 aliphatic rings. The van der Waals surface area contributed by atoms with Crippen LogP contribution in [0.5, 0.6) is 0 Å². The van der Waals surface area contributed by atoms with Crippen LogP contribution in [-0.2, 0) is 11.8 Å². The maximum absolute atomic E-state index is 13.2.